The Balaban J connectivity index is 1.24. The number of amides is 2. The van der Waals surface area contributed by atoms with Crippen LogP contribution in [0.15, 0.2) is 72.9 Å². The summed E-state index contributed by atoms with van der Waals surface area (Å²) in [4.78, 5) is 43.0. The zero-order valence-corrected chi connectivity index (χ0v) is 24.9. The summed E-state index contributed by atoms with van der Waals surface area (Å²) in [6.45, 7) is 1.74. The average molecular weight is 584 g/mol. The maximum absolute atomic E-state index is 14.2. The van der Waals surface area contributed by atoms with Gasteiger partial charge in [0.05, 0.1) is 13.2 Å². The second-order valence-corrected chi connectivity index (χ2v) is 12.9. The smallest absolute Gasteiger partial charge is 0.408 e. The van der Waals surface area contributed by atoms with Crippen LogP contribution in [0.3, 0.4) is 0 Å². The molecule has 0 radical (unpaired) electrons. The second-order valence-electron chi connectivity index (χ2n) is 12.9. The topological polar surface area (TPSA) is 110 Å². The average Bonchev–Trinajstić information content (AvgIpc) is 3.40. The van der Waals surface area contributed by atoms with Crippen molar-refractivity contribution in [2.24, 2.45) is 23.7 Å². The monoisotopic (exact) mass is 583 g/mol. The molecule has 8 heteroatoms. The van der Waals surface area contributed by atoms with Crippen molar-refractivity contribution in [2.75, 3.05) is 7.11 Å². The standard InChI is InChI=1S/C35H41N3O5/c1-35(20-27-21-36-30-11-7-6-10-29(27)30,38-34(41)43-32-25-15-23-14-24(17-25)18-26(32)16-23)33(40)37-28(12-13-31(39)42-2)19-22-8-4-3-5-9-22/h3-13,21,23-26,28,32,36H,14-20H2,1-2H3,(H,37,40)(H,38,41)/b13-12+/t23?,24?,25?,26?,28-,32?,35-/m1/s1. The molecule has 8 nitrogen and oxygen atoms in total. The lowest BCUT2D eigenvalue weighted by Crippen LogP contribution is -2.61. The first-order valence-electron chi connectivity index (χ1n) is 15.4. The van der Waals surface area contributed by atoms with Gasteiger partial charge in [0.25, 0.3) is 0 Å². The highest BCUT2D eigenvalue weighted by molar-refractivity contribution is 5.92. The van der Waals surface area contributed by atoms with E-state index in [1.54, 1.807) is 13.0 Å². The number of aromatic amines is 1. The summed E-state index contributed by atoms with van der Waals surface area (Å²) >= 11 is 0. The molecule has 4 saturated carbocycles. The van der Waals surface area contributed by atoms with Crippen LogP contribution in [0.2, 0.25) is 0 Å². The minimum Gasteiger partial charge on any atom is -0.466 e. The molecule has 3 aromatic rings. The Labute approximate surface area is 252 Å². The number of hydrogen-bond donors (Lipinski definition) is 3. The van der Waals surface area contributed by atoms with E-state index in [0.29, 0.717) is 18.3 Å². The largest absolute Gasteiger partial charge is 0.466 e. The molecule has 1 heterocycles. The highest BCUT2D eigenvalue weighted by Crippen LogP contribution is 2.54. The highest BCUT2D eigenvalue weighted by atomic mass is 16.6. The number of aromatic nitrogens is 1. The minimum absolute atomic E-state index is 0.0954. The fourth-order valence-electron chi connectivity index (χ4n) is 7.91. The number of fused-ring (bicyclic) bond motifs is 1. The van der Waals surface area contributed by atoms with E-state index in [2.05, 4.69) is 15.6 Å². The van der Waals surface area contributed by atoms with E-state index in [-0.39, 0.29) is 18.4 Å². The molecule has 0 aliphatic heterocycles. The Morgan fingerprint density at radius 3 is 2.35 bits per heavy atom. The van der Waals surface area contributed by atoms with Crippen molar-refractivity contribution in [1.29, 1.82) is 0 Å². The number of esters is 1. The summed E-state index contributed by atoms with van der Waals surface area (Å²) in [7, 11) is 1.31. The number of rotatable bonds is 10. The van der Waals surface area contributed by atoms with Gasteiger partial charge in [0.2, 0.25) is 5.91 Å². The third-order valence-corrected chi connectivity index (χ3v) is 9.76. The Hall–Kier alpha value is -4.07. The molecule has 3 N–H and O–H groups in total. The summed E-state index contributed by atoms with van der Waals surface area (Å²) in [5.41, 5.74) is 1.53. The molecule has 226 valence electrons. The number of alkyl carbamates (subject to hydrolysis) is 1. The van der Waals surface area contributed by atoms with E-state index in [0.717, 1.165) is 59.5 Å². The lowest BCUT2D eigenvalue weighted by atomic mass is 9.55. The molecule has 2 atom stereocenters. The maximum Gasteiger partial charge on any atom is 0.408 e. The van der Waals surface area contributed by atoms with Gasteiger partial charge < -0.3 is 25.1 Å². The molecule has 43 heavy (non-hydrogen) atoms. The zero-order valence-electron chi connectivity index (χ0n) is 24.9. The fourth-order valence-corrected chi connectivity index (χ4v) is 7.91. The number of methoxy groups -OCH3 is 1. The molecule has 4 bridgehead atoms. The zero-order chi connectivity index (χ0) is 30.0. The van der Waals surface area contributed by atoms with Gasteiger partial charge >= 0.3 is 12.1 Å². The SMILES string of the molecule is COC(=O)/C=C/[C@H](Cc1ccccc1)NC(=O)[C@@](C)(Cc1c[nH]c2ccccc12)NC(=O)OC1C2CC3CC(C2)CC1C3. The molecular formula is C35H41N3O5. The van der Waals surface area contributed by atoms with Gasteiger partial charge in [0.1, 0.15) is 11.6 Å². The highest BCUT2D eigenvalue weighted by Gasteiger charge is 2.50. The van der Waals surface area contributed by atoms with Crippen LogP contribution in [0.1, 0.15) is 50.2 Å². The molecule has 0 spiro atoms. The van der Waals surface area contributed by atoms with Crippen molar-refractivity contribution < 1.29 is 23.9 Å². The fraction of sp³-hybridized carbons (Fsp3) is 0.457. The molecule has 4 aliphatic carbocycles. The van der Waals surface area contributed by atoms with Crippen molar-refractivity contribution in [3.05, 3.63) is 84.1 Å². The first kappa shape index (κ1) is 29.0. The number of para-hydroxylation sites is 1. The lowest BCUT2D eigenvalue weighted by molar-refractivity contribution is -0.135. The van der Waals surface area contributed by atoms with E-state index in [1.807, 2.05) is 60.8 Å². The molecule has 2 aromatic carbocycles. The van der Waals surface area contributed by atoms with Gasteiger partial charge in [-0.2, -0.15) is 0 Å². The first-order valence-corrected chi connectivity index (χ1v) is 15.4. The van der Waals surface area contributed by atoms with Crippen LogP contribution in [-0.2, 0) is 31.9 Å². The number of nitrogens with one attached hydrogen (secondary N) is 3. The van der Waals surface area contributed by atoms with Crippen LogP contribution in [0, 0.1) is 23.7 Å². The lowest BCUT2D eigenvalue weighted by Gasteiger charge is -2.53. The van der Waals surface area contributed by atoms with Crippen molar-refractivity contribution in [2.45, 2.75) is 69.6 Å². The van der Waals surface area contributed by atoms with Gasteiger partial charge in [-0.05, 0) is 86.3 Å². The number of benzene rings is 2. The third-order valence-electron chi connectivity index (χ3n) is 9.76. The molecule has 0 saturated heterocycles. The maximum atomic E-state index is 14.2. The summed E-state index contributed by atoms with van der Waals surface area (Å²) < 4.78 is 10.9. The van der Waals surface area contributed by atoms with E-state index in [9.17, 15) is 14.4 Å². The van der Waals surface area contributed by atoms with Crippen LogP contribution >= 0.6 is 0 Å². The predicted molar refractivity (Wildman–Crippen MR) is 164 cm³/mol. The second kappa shape index (κ2) is 12.3. The molecule has 7 rings (SSSR count). The Morgan fingerprint density at radius 1 is 0.977 bits per heavy atom. The first-order chi connectivity index (χ1) is 20.8. The van der Waals surface area contributed by atoms with Gasteiger partial charge in [-0.15, -0.1) is 0 Å². The molecule has 4 aliphatic rings. The van der Waals surface area contributed by atoms with Crippen LogP contribution in [0.4, 0.5) is 4.79 Å². The Morgan fingerprint density at radius 2 is 1.65 bits per heavy atom. The minimum atomic E-state index is -1.33. The third kappa shape index (κ3) is 6.48. The van der Waals surface area contributed by atoms with Gasteiger partial charge in [0, 0.05) is 29.6 Å². The number of carbonyl (C=O) groups is 3. The number of hydrogen-bond acceptors (Lipinski definition) is 5. The molecular weight excluding hydrogens is 542 g/mol. The Bertz CT molecular complexity index is 1470. The number of carbonyl (C=O) groups excluding carboxylic acids is 3. The molecule has 1 aromatic heterocycles. The van der Waals surface area contributed by atoms with E-state index < -0.39 is 23.6 Å². The number of ether oxygens (including phenoxy) is 2. The van der Waals surface area contributed by atoms with Crippen molar-refractivity contribution >= 4 is 28.9 Å². The number of H-pyrrole nitrogens is 1. The van der Waals surface area contributed by atoms with Gasteiger partial charge in [-0.25, -0.2) is 9.59 Å². The van der Waals surface area contributed by atoms with Crippen LogP contribution in [-0.4, -0.2) is 47.7 Å². The summed E-state index contributed by atoms with van der Waals surface area (Å²) in [6.07, 6.45) is 10.7. The van der Waals surface area contributed by atoms with E-state index >= 15 is 0 Å². The summed E-state index contributed by atoms with van der Waals surface area (Å²) in [6, 6.07) is 17.1. The quantitative estimate of drug-likeness (QED) is 0.216. The van der Waals surface area contributed by atoms with Crippen molar-refractivity contribution in [1.82, 2.24) is 15.6 Å². The molecule has 2 amide bonds. The van der Waals surface area contributed by atoms with Crippen molar-refractivity contribution in [3.8, 4) is 0 Å². The van der Waals surface area contributed by atoms with E-state index in [1.165, 1.54) is 19.6 Å². The molecule has 4 fully saturated rings. The van der Waals surface area contributed by atoms with E-state index in [4.69, 9.17) is 9.47 Å². The van der Waals surface area contributed by atoms with Gasteiger partial charge in [0.15, 0.2) is 0 Å². The van der Waals surface area contributed by atoms with Crippen LogP contribution in [0.25, 0.3) is 10.9 Å². The molecule has 0 unspecified atom stereocenters. The van der Waals surface area contributed by atoms with Crippen molar-refractivity contribution in [3.63, 3.8) is 0 Å². The van der Waals surface area contributed by atoms with Crippen LogP contribution < -0.4 is 10.6 Å². The van der Waals surface area contributed by atoms with Gasteiger partial charge in [-0.1, -0.05) is 54.6 Å². The summed E-state index contributed by atoms with van der Waals surface area (Å²) in [5.74, 6) is 1.48. The Kier molecular flexibility index (Phi) is 8.28. The predicted octanol–water partition coefficient (Wildman–Crippen LogP) is 5.48. The summed E-state index contributed by atoms with van der Waals surface area (Å²) in [5, 5.41) is 7.08. The van der Waals surface area contributed by atoms with Gasteiger partial charge in [-0.3, -0.25) is 4.79 Å². The van der Waals surface area contributed by atoms with Crippen LogP contribution in [0.5, 0.6) is 0 Å². The normalized spacial score (nSPS) is 26.1.